The van der Waals surface area contributed by atoms with E-state index < -0.39 is 5.56 Å². The van der Waals surface area contributed by atoms with Crippen LogP contribution in [-0.2, 0) is 6.42 Å². The summed E-state index contributed by atoms with van der Waals surface area (Å²) in [5.41, 5.74) is 1.23. The first-order valence-electron chi connectivity index (χ1n) is 7.93. The lowest BCUT2D eigenvalue weighted by molar-refractivity contribution is 0.416. The third-order valence-electron chi connectivity index (χ3n) is 3.93. The van der Waals surface area contributed by atoms with E-state index in [0.717, 1.165) is 12.0 Å². The molecule has 0 saturated carbocycles. The maximum Gasteiger partial charge on any atom is 0.271 e. The van der Waals surface area contributed by atoms with E-state index in [1.807, 2.05) is 31.2 Å². The van der Waals surface area contributed by atoms with Crippen LogP contribution in [0.5, 0.6) is 5.75 Å². The van der Waals surface area contributed by atoms with Crippen LogP contribution in [0.25, 0.3) is 0 Å². The number of hydrogen-bond donors (Lipinski definition) is 2. The molecule has 1 atom stereocenters. The van der Waals surface area contributed by atoms with E-state index in [1.54, 1.807) is 7.11 Å². The maximum absolute atomic E-state index is 12.2. The van der Waals surface area contributed by atoms with Crippen molar-refractivity contribution in [1.82, 2.24) is 9.97 Å². The standard InChI is InChI=1S/C18H22N4O2/c1-5-11(2)9-16-21-17(13(10-19)18(23)22-16)20-14-8-12(3)6-7-15(14)24-4/h6-8,11H,5,9H2,1-4H3,(H2,20,21,22,23). The van der Waals surface area contributed by atoms with Crippen molar-refractivity contribution < 1.29 is 4.74 Å². The molecule has 1 aromatic heterocycles. The molecule has 0 aliphatic heterocycles. The first-order valence-corrected chi connectivity index (χ1v) is 7.93. The van der Waals surface area contributed by atoms with Gasteiger partial charge in [-0.25, -0.2) is 4.98 Å². The second kappa shape index (κ2) is 7.64. The third-order valence-corrected chi connectivity index (χ3v) is 3.93. The Hall–Kier alpha value is -2.81. The lowest BCUT2D eigenvalue weighted by Gasteiger charge is -2.14. The molecule has 1 aromatic carbocycles. The number of anilines is 2. The van der Waals surface area contributed by atoms with Gasteiger partial charge >= 0.3 is 0 Å². The fraction of sp³-hybridized carbons (Fsp3) is 0.389. The Balaban J connectivity index is 2.47. The monoisotopic (exact) mass is 326 g/mol. The van der Waals surface area contributed by atoms with Gasteiger partial charge < -0.3 is 15.0 Å². The second-order valence-electron chi connectivity index (χ2n) is 5.89. The van der Waals surface area contributed by atoms with Crippen molar-refractivity contribution >= 4 is 11.5 Å². The van der Waals surface area contributed by atoms with Crippen molar-refractivity contribution in [1.29, 1.82) is 5.26 Å². The average molecular weight is 326 g/mol. The second-order valence-corrected chi connectivity index (χ2v) is 5.89. The molecule has 24 heavy (non-hydrogen) atoms. The average Bonchev–Trinajstić information content (AvgIpc) is 2.55. The third kappa shape index (κ3) is 3.93. The van der Waals surface area contributed by atoms with E-state index in [2.05, 4.69) is 29.1 Å². The summed E-state index contributed by atoms with van der Waals surface area (Å²) in [4.78, 5) is 19.3. The van der Waals surface area contributed by atoms with Gasteiger partial charge in [0.25, 0.3) is 5.56 Å². The number of methoxy groups -OCH3 is 1. The Labute approximate surface area is 141 Å². The minimum absolute atomic E-state index is 0.0357. The van der Waals surface area contributed by atoms with Crippen molar-refractivity contribution in [2.24, 2.45) is 5.92 Å². The van der Waals surface area contributed by atoms with Crippen LogP contribution in [0.3, 0.4) is 0 Å². The van der Waals surface area contributed by atoms with Gasteiger partial charge in [0, 0.05) is 6.42 Å². The molecule has 126 valence electrons. The Bertz CT molecular complexity index is 821. The number of aryl methyl sites for hydroxylation is 1. The van der Waals surface area contributed by atoms with Crippen LogP contribution in [-0.4, -0.2) is 17.1 Å². The zero-order valence-electron chi connectivity index (χ0n) is 14.4. The number of rotatable bonds is 6. The summed E-state index contributed by atoms with van der Waals surface area (Å²) in [7, 11) is 1.57. The van der Waals surface area contributed by atoms with E-state index >= 15 is 0 Å². The summed E-state index contributed by atoms with van der Waals surface area (Å²) in [6.07, 6.45) is 1.63. The fourth-order valence-electron chi connectivity index (χ4n) is 2.33. The SMILES string of the molecule is CCC(C)Cc1nc(Nc2cc(C)ccc2OC)c(C#N)c(=O)[nH]1. The molecule has 6 heteroatoms. The minimum atomic E-state index is -0.431. The van der Waals surface area contributed by atoms with Crippen LogP contribution in [0.1, 0.15) is 37.2 Å². The molecule has 0 fully saturated rings. The van der Waals surface area contributed by atoms with Gasteiger partial charge in [-0.3, -0.25) is 4.79 Å². The topological polar surface area (TPSA) is 90.8 Å². The Morgan fingerprint density at radius 3 is 2.83 bits per heavy atom. The molecule has 0 aliphatic rings. The number of nitriles is 1. The van der Waals surface area contributed by atoms with Crippen LogP contribution in [0.4, 0.5) is 11.5 Å². The summed E-state index contributed by atoms with van der Waals surface area (Å²) >= 11 is 0. The molecule has 1 heterocycles. The Morgan fingerprint density at radius 2 is 2.21 bits per heavy atom. The predicted octanol–water partition coefficient (Wildman–Crippen LogP) is 3.29. The molecule has 0 saturated heterocycles. The van der Waals surface area contributed by atoms with E-state index in [-0.39, 0.29) is 11.4 Å². The zero-order valence-corrected chi connectivity index (χ0v) is 14.4. The Morgan fingerprint density at radius 1 is 1.46 bits per heavy atom. The normalized spacial score (nSPS) is 11.6. The van der Waals surface area contributed by atoms with Gasteiger partial charge in [0.1, 0.15) is 17.6 Å². The molecule has 1 unspecified atom stereocenters. The minimum Gasteiger partial charge on any atom is -0.495 e. The maximum atomic E-state index is 12.2. The zero-order chi connectivity index (χ0) is 17.7. The lowest BCUT2D eigenvalue weighted by atomic mass is 10.1. The number of ether oxygens (including phenoxy) is 1. The lowest BCUT2D eigenvalue weighted by Crippen LogP contribution is -2.19. The van der Waals surface area contributed by atoms with E-state index in [1.165, 1.54) is 0 Å². The number of aromatic amines is 1. The highest BCUT2D eigenvalue weighted by Gasteiger charge is 2.14. The van der Waals surface area contributed by atoms with Gasteiger partial charge in [-0.15, -0.1) is 0 Å². The summed E-state index contributed by atoms with van der Waals surface area (Å²) in [6.45, 7) is 6.13. The van der Waals surface area contributed by atoms with Gasteiger partial charge in [0.15, 0.2) is 11.4 Å². The molecule has 0 spiro atoms. The number of H-pyrrole nitrogens is 1. The van der Waals surface area contributed by atoms with Crippen LogP contribution >= 0.6 is 0 Å². The van der Waals surface area contributed by atoms with Crippen LogP contribution in [0.2, 0.25) is 0 Å². The Kier molecular flexibility index (Phi) is 5.59. The molecule has 0 radical (unpaired) electrons. The van der Waals surface area contributed by atoms with Crippen LogP contribution in [0.15, 0.2) is 23.0 Å². The van der Waals surface area contributed by atoms with Crippen molar-refractivity contribution in [3.8, 4) is 11.8 Å². The highest BCUT2D eigenvalue weighted by molar-refractivity contribution is 5.68. The van der Waals surface area contributed by atoms with Gasteiger partial charge in [0.2, 0.25) is 0 Å². The van der Waals surface area contributed by atoms with Gasteiger partial charge in [-0.05, 0) is 30.5 Å². The molecule has 0 aliphatic carbocycles. The molecule has 6 nitrogen and oxygen atoms in total. The number of nitrogens with one attached hydrogen (secondary N) is 2. The van der Waals surface area contributed by atoms with Gasteiger partial charge in [-0.2, -0.15) is 5.26 Å². The van der Waals surface area contributed by atoms with Crippen molar-refractivity contribution in [2.45, 2.75) is 33.6 Å². The van der Waals surface area contributed by atoms with E-state index in [9.17, 15) is 10.1 Å². The van der Waals surface area contributed by atoms with Crippen molar-refractivity contribution in [3.05, 3.63) is 45.5 Å². The summed E-state index contributed by atoms with van der Waals surface area (Å²) in [6, 6.07) is 7.56. The van der Waals surface area contributed by atoms with Crippen molar-refractivity contribution in [2.75, 3.05) is 12.4 Å². The molecule has 2 aromatic rings. The van der Waals surface area contributed by atoms with E-state index in [4.69, 9.17) is 4.74 Å². The molecule has 0 bridgehead atoms. The number of aromatic nitrogens is 2. The fourth-order valence-corrected chi connectivity index (χ4v) is 2.33. The highest BCUT2D eigenvalue weighted by Crippen LogP contribution is 2.28. The molecular weight excluding hydrogens is 304 g/mol. The summed E-state index contributed by atoms with van der Waals surface area (Å²) in [5, 5.41) is 12.4. The van der Waals surface area contributed by atoms with Crippen LogP contribution in [0, 0.1) is 24.2 Å². The predicted molar refractivity (Wildman–Crippen MR) is 93.7 cm³/mol. The van der Waals surface area contributed by atoms with Crippen LogP contribution < -0.4 is 15.6 Å². The van der Waals surface area contributed by atoms with Crippen molar-refractivity contribution in [3.63, 3.8) is 0 Å². The van der Waals surface area contributed by atoms with E-state index in [0.29, 0.717) is 29.6 Å². The quantitative estimate of drug-likeness (QED) is 0.850. The molecule has 2 rings (SSSR count). The first kappa shape index (κ1) is 17.5. The largest absolute Gasteiger partial charge is 0.495 e. The molecular formula is C18H22N4O2. The smallest absolute Gasteiger partial charge is 0.271 e. The highest BCUT2D eigenvalue weighted by atomic mass is 16.5. The number of hydrogen-bond acceptors (Lipinski definition) is 5. The molecule has 0 amide bonds. The number of benzene rings is 1. The van der Waals surface area contributed by atoms with Gasteiger partial charge in [-0.1, -0.05) is 26.3 Å². The molecule has 2 N–H and O–H groups in total. The summed E-state index contributed by atoms with van der Waals surface area (Å²) < 4.78 is 5.33. The van der Waals surface area contributed by atoms with Gasteiger partial charge in [0.05, 0.1) is 12.8 Å². The first-order chi connectivity index (χ1) is 11.5. The summed E-state index contributed by atoms with van der Waals surface area (Å²) in [5.74, 6) is 1.84. The number of nitrogens with zero attached hydrogens (tertiary/aromatic N) is 2.